The number of piperazine rings is 1. The molecule has 0 aromatic heterocycles. The number of nitrogens with two attached hydrogens (primary N) is 1. The van der Waals surface area contributed by atoms with Crippen molar-refractivity contribution in [2.24, 2.45) is 5.73 Å². The summed E-state index contributed by atoms with van der Waals surface area (Å²) < 4.78 is 5.45. The van der Waals surface area contributed by atoms with Gasteiger partial charge < -0.3 is 15.4 Å². The van der Waals surface area contributed by atoms with Gasteiger partial charge in [-0.2, -0.15) is 0 Å². The van der Waals surface area contributed by atoms with Gasteiger partial charge in [0.2, 0.25) is 0 Å². The average Bonchev–Trinajstić information content (AvgIpc) is 2.70. The summed E-state index contributed by atoms with van der Waals surface area (Å²) in [6, 6.07) is 1.12. The first kappa shape index (κ1) is 14.6. The molecule has 2 aliphatic rings. The summed E-state index contributed by atoms with van der Waals surface area (Å²) in [5.74, 6) is 0. The van der Waals surface area contributed by atoms with Crippen LogP contribution >= 0.6 is 0 Å². The van der Waals surface area contributed by atoms with Crippen LogP contribution in [0, 0.1) is 0 Å². The Morgan fingerprint density at radius 1 is 1.32 bits per heavy atom. The highest BCUT2D eigenvalue weighted by Crippen LogP contribution is 2.29. The number of ether oxygens (including phenoxy) is 1. The van der Waals surface area contributed by atoms with Crippen LogP contribution in [-0.4, -0.2) is 59.8 Å². The van der Waals surface area contributed by atoms with Crippen LogP contribution in [-0.2, 0) is 4.74 Å². The molecule has 19 heavy (non-hydrogen) atoms. The zero-order valence-corrected chi connectivity index (χ0v) is 12.4. The molecule has 2 rings (SSSR count). The largest absolute Gasteiger partial charge is 0.444 e. The second-order valence-corrected chi connectivity index (χ2v) is 6.63. The molecule has 2 atom stereocenters. The van der Waals surface area contributed by atoms with Crippen molar-refractivity contribution >= 4 is 6.09 Å². The van der Waals surface area contributed by atoms with E-state index in [0.717, 1.165) is 32.6 Å². The first-order chi connectivity index (χ1) is 8.90. The van der Waals surface area contributed by atoms with Crippen LogP contribution in [0.3, 0.4) is 0 Å². The quantitative estimate of drug-likeness (QED) is 0.823. The van der Waals surface area contributed by atoms with Gasteiger partial charge in [-0.25, -0.2) is 4.79 Å². The Balaban J connectivity index is 1.88. The number of carbonyl (C=O) groups excluding carboxylic acids is 1. The first-order valence-electron chi connectivity index (χ1n) is 7.34. The van der Waals surface area contributed by atoms with E-state index in [1.807, 2.05) is 25.7 Å². The fourth-order valence-electron chi connectivity index (χ4n) is 3.15. The molecular weight excluding hydrogens is 242 g/mol. The van der Waals surface area contributed by atoms with Gasteiger partial charge in [-0.3, -0.25) is 4.90 Å². The molecule has 5 heteroatoms. The van der Waals surface area contributed by atoms with Crippen molar-refractivity contribution in [1.29, 1.82) is 0 Å². The molecule has 2 aliphatic heterocycles. The Morgan fingerprint density at radius 2 is 2.05 bits per heavy atom. The predicted molar refractivity (Wildman–Crippen MR) is 75.0 cm³/mol. The van der Waals surface area contributed by atoms with E-state index >= 15 is 0 Å². The van der Waals surface area contributed by atoms with Gasteiger partial charge in [0.1, 0.15) is 5.60 Å². The first-order valence-corrected chi connectivity index (χ1v) is 7.34. The van der Waals surface area contributed by atoms with E-state index in [-0.39, 0.29) is 6.09 Å². The molecule has 0 spiro atoms. The van der Waals surface area contributed by atoms with Crippen LogP contribution in [0.15, 0.2) is 0 Å². The monoisotopic (exact) mass is 269 g/mol. The van der Waals surface area contributed by atoms with Gasteiger partial charge in [-0.1, -0.05) is 0 Å². The molecule has 2 unspecified atom stereocenters. The average molecular weight is 269 g/mol. The zero-order chi connectivity index (χ0) is 14.0. The summed E-state index contributed by atoms with van der Waals surface area (Å²) in [5.41, 5.74) is 5.25. The van der Waals surface area contributed by atoms with E-state index in [1.165, 1.54) is 12.8 Å². The van der Waals surface area contributed by atoms with Crippen molar-refractivity contribution in [1.82, 2.24) is 9.80 Å². The predicted octanol–water partition coefficient (Wildman–Crippen LogP) is 1.42. The van der Waals surface area contributed by atoms with E-state index in [4.69, 9.17) is 10.5 Å². The maximum Gasteiger partial charge on any atom is 0.410 e. The molecule has 0 radical (unpaired) electrons. The molecule has 0 aromatic carbocycles. The molecule has 110 valence electrons. The fourth-order valence-corrected chi connectivity index (χ4v) is 3.15. The number of rotatable bonds is 2. The molecule has 0 saturated carbocycles. The smallest absolute Gasteiger partial charge is 0.410 e. The Bertz CT molecular complexity index is 327. The van der Waals surface area contributed by atoms with Gasteiger partial charge in [0.25, 0.3) is 0 Å². The topological polar surface area (TPSA) is 58.8 Å². The van der Waals surface area contributed by atoms with Crippen LogP contribution in [0.1, 0.15) is 40.0 Å². The lowest BCUT2D eigenvalue weighted by atomic mass is 10.1. The Kier molecular flexibility index (Phi) is 4.36. The van der Waals surface area contributed by atoms with Crippen LogP contribution in [0.4, 0.5) is 4.79 Å². The summed E-state index contributed by atoms with van der Waals surface area (Å²) in [4.78, 5) is 16.5. The summed E-state index contributed by atoms with van der Waals surface area (Å²) >= 11 is 0. The molecular formula is C14H27N3O2. The number of hydrogen-bond acceptors (Lipinski definition) is 4. The van der Waals surface area contributed by atoms with Crippen molar-refractivity contribution in [2.45, 2.75) is 57.7 Å². The maximum absolute atomic E-state index is 12.1. The van der Waals surface area contributed by atoms with Crippen molar-refractivity contribution in [3.05, 3.63) is 0 Å². The summed E-state index contributed by atoms with van der Waals surface area (Å²) in [5, 5.41) is 0. The third-order valence-electron chi connectivity index (χ3n) is 3.98. The zero-order valence-electron chi connectivity index (χ0n) is 12.4. The number of hydrogen-bond donors (Lipinski definition) is 1. The number of nitrogens with zero attached hydrogens (tertiary/aromatic N) is 2. The molecule has 0 bridgehead atoms. The normalized spacial score (nSPS) is 28.3. The lowest BCUT2D eigenvalue weighted by molar-refractivity contribution is 0.00479. The highest BCUT2D eigenvalue weighted by atomic mass is 16.6. The van der Waals surface area contributed by atoms with E-state index in [0.29, 0.717) is 12.1 Å². The Morgan fingerprint density at radius 3 is 2.68 bits per heavy atom. The molecule has 2 saturated heterocycles. The molecule has 2 heterocycles. The highest BCUT2D eigenvalue weighted by molar-refractivity contribution is 5.68. The molecule has 2 N–H and O–H groups in total. The number of carbonyl (C=O) groups is 1. The van der Waals surface area contributed by atoms with Crippen molar-refractivity contribution in [2.75, 3.05) is 26.2 Å². The molecule has 0 aromatic rings. The minimum atomic E-state index is -0.411. The van der Waals surface area contributed by atoms with Gasteiger partial charge in [-0.05, 0) is 46.6 Å². The molecule has 0 aliphatic carbocycles. The lowest BCUT2D eigenvalue weighted by Crippen LogP contribution is -2.55. The third-order valence-corrected chi connectivity index (χ3v) is 3.98. The summed E-state index contributed by atoms with van der Waals surface area (Å²) in [6.07, 6.45) is 3.28. The van der Waals surface area contributed by atoms with Crippen molar-refractivity contribution in [3.63, 3.8) is 0 Å². The van der Waals surface area contributed by atoms with Crippen LogP contribution in [0.2, 0.25) is 0 Å². The summed E-state index contributed by atoms with van der Waals surface area (Å²) in [6.45, 7) is 9.01. The van der Waals surface area contributed by atoms with Gasteiger partial charge in [-0.15, -0.1) is 0 Å². The second-order valence-electron chi connectivity index (χ2n) is 6.63. The van der Waals surface area contributed by atoms with E-state index in [1.54, 1.807) is 0 Å². The van der Waals surface area contributed by atoms with Gasteiger partial charge in [0.15, 0.2) is 0 Å². The summed E-state index contributed by atoms with van der Waals surface area (Å²) in [7, 11) is 0. The highest BCUT2D eigenvalue weighted by Gasteiger charge is 2.38. The van der Waals surface area contributed by atoms with Gasteiger partial charge >= 0.3 is 6.09 Å². The second kappa shape index (κ2) is 5.67. The van der Waals surface area contributed by atoms with E-state index in [2.05, 4.69) is 4.90 Å². The van der Waals surface area contributed by atoms with Crippen molar-refractivity contribution in [3.8, 4) is 0 Å². The molecule has 2 fully saturated rings. The Labute approximate surface area is 116 Å². The Hall–Kier alpha value is -0.810. The van der Waals surface area contributed by atoms with Crippen LogP contribution in [0.25, 0.3) is 0 Å². The third kappa shape index (κ3) is 3.60. The minimum Gasteiger partial charge on any atom is -0.444 e. The van der Waals surface area contributed by atoms with Crippen molar-refractivity contribution < 1.29 is 9.53 Å². The van der Waals surface area contributed by atoms with Crippen LogP contribution in [0.5, 0.6) is 0 Å². The van der Waals surface area contributed by atoms with Crippen LogP contribution < -0.4 is 5.73 Å². The van der Waals surface area contributed by atoms with E-state index < -0.39 is 5.60 Å². The fraction of sp³-hybridized carbons (Fsp3) is 0.929. The van der Waals surface area contributed by atoms with E-state index in [9.17, 15) is 4.79 Å². The maximum atomic E-state index is 12.1. The number of amides is 1. The minimum absolute atomic E-state index is 0.172. The molecule has 5 nitrogen and oxygen atoms in total. The van der Waals surface area contributed by atoms with Gasteiger partial charge in [0, 0.05) is 31.7 Å². The SMILES string of the molecule is CC(C)(C)OC(=O)N1CCN2C(CCN)CCC2C1. The molecule has 1 amide bonds. The van der Waals surface area contributed by atoms with Gasteiger partial charge in [0.05, 0.1) is 0 Å². The lowest BCUT2D eigenvalue weighted by Gasteiger charge is -2.40. The number of fused-ring (bicyclic) bond motifs is 1. The standard InChI is InChI=1S/C14H27N3O2/c1-14(2,3)19-13(18)16-8-9-17-11(6-7-15)4-5-12(17)10-16/h11-12H,4-10,15H2,1-3H3.